The number of hydrogen-bond acceptors (Lipinski definition) is 3. The molecule has 0 amide bonds. The van der Waals surface area contributed by atoms with E-state index >= 15 is 0 Å². The van der Waals surface area contributed by atoms with Gasteiger partial charge >= 0.3 is 5.97 Å². The van der Waals surface area contributed by atoms with Crippen molar-refractivity contribution in [1.29, 1.82) is 0 Å². The fourth-order valence-electron chi connectivity index (χ4n) is 1.21. The quantitative estimate of drug-likeness (QED) is 0.699. The second-order valence-corrected chi connectivity index (χ2v) is 2.77. The molecule has 0 saturated heterocycles. The van der Waals surface area contributed by atoms with Crippen molar-refractivity contribution in [3.8, 4) is 0 Å². The van der Waals surface area contributed by atoms with Gasteiger partial charge in [-0.15, -0.1) is 0 Å². The summed E-state index contributed by atoms with van der Waals surface area (Å²) >= 11 is 0. The first-order chi connectivity index (χ1) is 6.70. The predicted molar refractivity (Wildman–Crippen MR) is 47.4 cm³/mol. The molecular formula is C9H7FN2O2. The highest BCUT2D eigenvalue weighted by molar-refractivity contribution is 5.93. The maximum Gasteiger partial charge on any atom is 0.354 e. The molecule has 14 heavy (non-hydrogen) atoms. The lowest BCUT2D eigenvalue weighted by molar-refractivity contribution is 0.0595. The normalized spacial score (nSPS) is 10.4. The van der Waals surface area contributed by atoms with E-state index in [9.17, 15) is 9.18 Å². The van der Waals surface area contributed by atoms with Gasteiger partial charge in [0.25, 0.3) is 0 Å². The van der Waals surface area contributed by atoms with Gasteiger partial charge in [-0.2, -0.15) is 0 Å². The smallest absolute Gasteiger partial charge is 0.354 e. The number of methoxy groups -OCH3 is 1. The molecule has 0 atom stereocenters. The SMILES string of the molecule is COC(=O)c1cc2cc(F)cnc2[nH]1. The zero-order valence-corrected chi connectivity index (χ0v) is 7.37. The van der Waals surface area contributed by atoms with E-state index in [2.05, 4.69) is 14.7 Å². The Morgan fingerprint density at radius 1 is 1.57 bits per heavy atom. The third-order valence-electron chi connectivity index (χ3n) is 1.84. The maximum absolute atomic E-state index is 12.7. The van der Waals surface area contributed by atoms with Crippen LogP contribution in [0.4, 0.5) is 4.39 Å². The van der Waals surface area contributed by atoms with Crippen molar-refractivity contribution < 1.29 is 13.9 Å². The molecule has 0 radical (unpaired) electrons. The summed E-state index contributed by atoms with van der Waals surface area (Å²) in [6.07, 6.45) is 1.08. The number of esters is 1. The number of fused-ring (bicyclic) bond motifs is 1. The Bertz CT molecular complexity index is 493. The number of pyridine rings is 1. The van der Waals surface area contributed by atoms with Crippen LogP contribution in [-0.4, -0.2) is 23.0 Å². The van der Waals surface area contributed by atoms with E-state index in [1.165, 1.54) is 19.2 Å². The summed E-state index contributed by atoms with van der Waals surface area (Å²) in [7, 11) is 1.28. The molecule has 2 aromatic rings. The highest BCUT2D eigenvalue weighted by Crippen LogP contribution is 2.14. The second kappa shape index (κ2) is 3.10. The lowest BCUT2D eigenvalue weighted by Crippen LogP contribution is -2.00. The number of aromatic nitrogens is 2. The Morgan fingerprint density at radius 2 is 2.36 bits per heavy atom. The van der Waals surface area contributed by atoms with Gasteiger partial charge in [-0.05, 0) is 12.1 Å². The average Bonchev–Trinajstić information content (AvgIpc) is 2.59. The molecule has 0 aliphatic rings. The third kappa shape index (κ3) is 1.32. The number of nitrogens with zero attached hydrogens (tertiary/aromatic N) is 1. The number of carbonyl (C=O) groups is 1. The van der Waals surface area contributed by atoms with Crippen molar-refractivity contribution in [2.45, 2.75) is 0 Å². The lowest BCUT2D eigenvalue weighted by Gasteiger charge is -1.91. The first-order valence-corrected chi connectivity index (χ1v) is 3.93. The van der Waals surface area contributed by atoms with Gasteiger partial charge in [0.05, 0.1) is 13.3 Å². The van der Waals surface area contributed by atoms with Crippen molar-refractivity contribution in [2.75, 3.05) is 7.11 Å². The monoisotopic (exact) mass is 194 g/mol. The topological polar surface area (TPSA) is 55.0 Å². The van der Waals surface area contributed by atoms with Gasteiger partial charge in [0, 0.05) is 5.39 Å². The van der Waals surface area contributed by atoms with Crippen LogP contribution in [-0.2, 0) is 4.74 Å². The predicted octanol–water partition coefficient (Wildman–Crippen LogP) is 1.49. The lowest BCUT2D eigenvalue weighted by atomic mass is 10.3. The van der Waals surface area contributed by atoms with Crippen molar-refractivity contribution in [1.82, 2.24) is 9.97 Å². The number of hydrogen-bond donors (Lipinski definition) is 1. The highest BCUT2D eigenvalue weighted by atomic mass is 19.1. The first kappa shape index (κ1) is 8.68. The molecule has 2 rings (SSSR count). The van der Waals surface area contributed by atoms with E-state index in [-0.39, 0.29) is 5.69 Å². The van der Waals surface area contributed by atoms with Gasteiger partial charge < -0.3 is 9.72 Å². The van der Waals surface area contributed by atoms with E-state index in [0.29, 0.717) is 11.0 Å². The van der Waals surface area contributed by atoms with E-state index in [1.807, 2.05) is 0 Å². The molecule has 1 N–H and O–H groups in total. The van der Waals surface area contributed by atoms with Crippen molar-refractivity contribution >= 4 is 17.0 Å². The van der Waals surface area contributed by atoms with Crippen LogP contribution in [0.3, 0.4) is 0 Å². The Morgan fingerprint density at radius 3 is 3.07 bits per heavy atom. The van der Waals surface area contributed by atoms with E-state index in [1.54, 1.807) is 0 Å². The van der Waals surface area contributed by atoms with Gasteiger partial charge in [0.15, 0.2) is 0 Å². The number of ether oxygens (including phenoxy) is 1. The fourth-order valence-corrected chi connectivity index (χ4v) is 1.21. The summed E-state index contributed by atoms with van der Waals surface area (Å²) in [5, 5.41) is 0.547. The van der Waals surface area contributed by atoms with Crippen molar-refractivity contribution in [3.05, 3.63) is 29.8 Å². The molecule has 5 heteroatoms. The summed E-state index contributed by atoms with van der Waals surface area (Å²) in [4.78, 5) is 17.6. The van der Waals surface area contributed by atoms with Crippen LogP contribution in [0, 0.1) is 5.82 Å². The van der Waals surface area contributed by atoms with E-state index in [4.69, 9.17) is 0 Å². The molecule has 2 aromatic heterocycles. The van der Waals surface area contributed by atoms with Crippen LogP contribution in [0.15, 0.2) is 18.3 Å². The number of aromatic amines is 1. The van der Waals surface area contributed by atoms with Gasteiger partial charge in [-0.1, -0.05) is 0 Å². The summed E-state index contributed by atoms with van der Waals surface area (Å²) in [6.45, 7) is 0. The Labute approximate surface area is 78.7 Å². The third-order valence-corrected chi connectivity index (χ3v) is 1.84. The Kier molecular flexibility index (Phi) is 1.92. The zero-order valence-electron chi connectivity index (χ0n) is 7.37. The molecule has 0 fully saturated rings. The molecule has 4 nitrogen and oxygen atoms in total. The average molecular weight is 194 g/mol. The highest BCUT2D eigenvalue weighted by Gasteiger charge is 2.09. The standard InChI is InChI=1S/C9H7FN2O2/c1-14-9(13)7-3-5-2-6(10)4-11-8(5)12-7/h2-4H,1H3,(H,11,12). The van der Waals surface area contributed by atoms with Crippen molar-refractivity contribution in [3.63, 3.8) is 0 Å². The minimum absolute atomic E-state index is 0.264. The van der Waals surface area contributed by atoms with Crippen molar-refractivity contribution in [2.24, 2.45) is 0 Å². The second-order valence-electron chi connectivity index (χ2n) is 2.77. The van der Waals surface area contributed by atoms with Crippen LogP contribution in [0.2, 0.25) is 0 Å². The molecule has 0 spiro atoms. The molecule has 0 saturated carbocycles. The number of H-pyrrole nitrogens is 1. The Hall–Kier alpha value is -1.91. The van der Waals surface area contributed by atoms with Crippen LogP contribution >= 0.6 is 0 Å². The summed E-state index contributed by atoms with van der Waals surface area (Å²) in [5.74, 6) is -0.934. The van der Waals surface area contributed by atoms with Crippen LogP contribution in [0.5, 0.6) is 0 Å². The van der Waals surface area contributed by atoms with Gasteiger partial charge in [0.1, 0.15) is 17.2 Å². The zero-order chi connectivity index (χ0) is 10.1. The summed E-state index contributed by atoms with van der Waals surface area (Å²) in [5.41, 5.74) is 0.729. The van der Waals surface area contributed by atoms with E-state index in [0.717, 1.165) is 6.20 Å². The summed E-state index contributed by atoms with van der Waals surface area (Å²) < 4.78 is 17.2. The minimum Gasteiger partial charge on any atom is -0.464 e. The largest absolute Gasteiger partial charge is 0.464 e. The number of carbonyl (C=O) groups excluding carboxylic acids is 1. The number of halogens is 1. The molecule has 0 aliphatic heterocycles. The molecule has 2 heterocycles. The maximum atomic E-state index is 12.7. The summed E-state index contributed by atoms with van der Waals surface area (Å²) in [6, 6.07) is 2.79. The minimum atomic E-state index is -0.497. The molecule has 0 bridgehead atoms. The van der Waals surface area contributed by atoms with Gasteiger partial charge in [0.2, 0.25) is 0 Å². The van der Waals surface area contributed by atoms with Gasteiger partial charge in [-0.25, -0.2) is 14.2 Å². The fraction of sp³-hybridized carbons (Fsp3) is 0.111. The van der Waals surface area contributed by atoms with E-state index < -0.39 is 11.8 Å². The van der Waals surface area contributed by atoms with Gasteiger partial charge in [-0.3, -0.25) is 0 Å². The van der Waals surface area contributed by atoms with Crippen LogP contribution in [0.1, 0.15) is 10.5 Å². The Balaban J connectivity index is 2.56. The number of nitrogens with one attached hydrogen (secondary N) is 1. The molecule has 0 aliphatic carbocycles. The molecule has 72 valence electrons. The molecule has 0 unspecified atom stereocenters. The van der Waals surface area contributed by atoms with Crippen LogP contribution in [0.25, 0.3) is 11.0 Å². The van der Waals surface area contributed by atoms with Crippen LogP contribution < -0.4 is 0 Å². The molecular weight excluding hydrogens is 187 g/mol. The first-order valence-electron chi connectivity index (χ1n) is 3.93. The number of rotatable bonds is 1. The molecule has 0 aromatic carbocycles.